The monoisotopic (exact) mass is 583 g/mol. The summed E-state index contributed by atoms with van der Waals surface area (Å²) < 4.78 is 52.4. The van der Waals surface area contributed by atoms with Crippen LogP contribution in [0, 0.1) is 5.82 Å². The van der Waals surface area contributed by atoms with Crippen molar-refractivity contribution in [3.8, 4) is 11.5 Å². The molecule has 0 spiro atoms. The van der Waals surface area contributed by atoms with Gasteiger partial charge >= 0.3 is 0 Å². The summed E-state index contributed by atoms with van der Waals surface area (Å²) in [6.45, 7) is 2.92. The van der Waals surface area contributed by atoms with E-state index in [4.69, 9.17) is 9.47 Å². The Bertz CT molecular complexity index is 1480. The summed E-state index contributed by atoms with van der Waals surface area (Å²) in [5.74, 6) is -0.818. The minimum atomic E-state index is -3.96. The fourth-order valence-electron chi connectivity index (χ4n) is 4.46. The van der Waals surface area contributed by atoms with Crippen LogP contribution in [0.1, 0.15) is 31.4 Å². The molecule has 3 aromatic rings. The smallest absolute Gasteiger partial charge is 0.244 e. The number of benzene rings is 3. The zero-order valence-electron chi connectivity index (χ0n) is 23.2. The van der Waals surface area contributed by atoms with Crippen LogP contribution in [-0.4, -0.2) is 56.8 Å². The molecule has 1 N–H and O–H groups in total. The normalized spacial score (nSPS) is 13.8. The van der Waals surface area contributed by atoms with E-state index in [1.807, 2.05) is 44.2 Å². The summed E-state index contributed by atoms with van der Waals surface area (Å²) in [5.41, 5.74) is 1.18. The first-order chi connectivity index (χ1) is 19.6. The lowest BCUT2D eigenvalue weighted by Gasteiger charge is -2.34. The molecule has 218 valence electrons. The van der Waals surface area contributed by atoms with E-state index < -0.39 is 40.2 Å². The molecule has 1 aliphatic rings. The minimum Gasteiger partial charge on any atom is -0.454 e. The minimum absolute atomic E-state index is 0.000526. The second-order valence-electron chi connectivity index (χ2n) is 9.94. The molecule has 1 heterocycles. The van der Waals surface area contributed by atoms with Crippen LogP contribution in [-0.2, 0) is 32.6 Å². The predicted octanol–water partition coefficient (Wildman–Crippen LogP) is 3.88. The molecule has 3 aromatic carbocycles. The van der Waals surface area contributed by atoms with E-state index in [9.17, 15) is 22.4 Å². The lowest BCUT2D eigenvalue weighted by atomic mass is 10.0. The van der Waals surface area contributed by atoms with Crippen molar-refractivity contribution in [2.45, 2.75) is 45.3 Å². The number of carbonyl (C=O) groups is 2. The summed E-state index contributed by atoms with van der Waals surface area (Å²) in [6, 6.07) is 18.5. The molecule has 2 atom stereocenters. The topological polar surface area (TPSA) is 105 Å². The van der Waals surface area contributed by atoms with Crippen molar-refractivity contribution < 1.29 is 31.9 Å². The van der Waals surface area contributed by atoms with Crippen LogP contribution in [0.25, 0.3) is 0 Å². The Morgan fingerprint density at radius 1 is 1.00 bits per heavy atom. The largest absolute Gasteiger partial charge is 0.454 e. The fourth-order valence-corrected chi connectivity index (χ4v) is 5.30. The number of amides is 2. The first-order valence-electron chi connectivity index (χ1n) is 13.3. The highest BCUT2D eigenvalue weighted by Gasteiger charge is 2.34. The lowest BCUT2D eigenvalue weighted by molar-refractivity contribution is -0.140. The number of hydrogen-bond donors (Lipinski definition) is 1. The van der Waals surface area contributed by atoms with Crippen molar-refractivity contribution in [1.29, 1.82) is 0 Å². The fraction of sp³-hybridized carbons (Fsp3) is 0.333. The van der Waals surface area contributed by atoms with Gasteiger partial charge in [-0.1, -0.05) is 55.5 Å². The van der Waals surface area contributed by atoms with Gasteiger partial charge in [-0.05, 0) is 37.1 Å². The van der Waals surface area contributed by atoms with Crippen molar-refractivity contribution in [3.05, 3.63) is 89.7 Å². The molecule has 4 rings (SSSR count). The summed E-state index contributed by atoms with van der Waals surface area (Å²) in [5, 5.41) is 2.94. The maximum Gasteiger partial charge on any atom is 0.244 e. The number of halogens is 1. The van der Waals surface area contributed by atoms with Gasteiger partial charge in [0.1, 0.15) is 18.4 Å². The van der Waals surface area contributed by atoms with Gasteiger partial charge in [-0.3, -0.25) is 13.9 Å². The second kappa shape index (κ2) is 13.0. The molecule has 0 fully saturated rings. The molecule has 9 nitrogen and oxygen atoms in total. The van der Waals surface area contributed by atoms with Crippen molar-refractivity contribution in [2.24, 2.45) is 0 Å². The molecule has 0 saturated carbocycles. The number of anilines is 1. The third kappa shape index (κ3) is 7.55. The number of nitrogens with one attached hydrogen (secondary N) is 1. The maximum absolute atomic E-state index is 14.8. The van der Waals surface area contributed by atoms with E-state index in [1.54, 1.807) is 12.1 Å². The van der Waals surface area contributed by atoms with E-state index in [0.29, 0.717) is 17.9 Å². The molecule has 0 radical (unpaired) electrons. The standard InChI is InChI=1S/C30H34FN3O6S/c1-4-21(2)32-30(36)26(16-22-10-6-5-7-11-22)33(18-23-12-8-9-13-25(23)31)29(35)19-34(41(3,37)38)24-14-15-27-28(17-24)40-20-39-27/h5-15,17,21,26H,4,16,18-20H2,1-3H3,(H,32,36). The van der Waals surface area contributed by atoms with Gasteiger partial charge in [-0.25, -0.2) is 12.8 Å². The first-order valence-corrected chi connectivity index (χ1v) is 15.2. The Balaban J connectivity index is 1.74. The lowest BCUT2D eigenvalue weighted by Crippen LogP contribution is -2.54. The average Bonchev–Trinajstić information content (AvgIpc) is 3.42. The summed E-state index contributed by atoms with van der Waals surface area (Å²) >= 11 is 0. The van der Waals surface area contributed by atoms with E-state index in [1.165, 1.54) is 35.2 Å². The van der Waals surface area contributed by atoms with Crippen molar-refractivity contribution in [3.63, 3.8) is 0 Å². The second-order valence-corrected chi connectivity index (χ2v) is 11.9. The summed E-state index contributed by atoms with van der Waals surface area (Å²) in [6.07, 6.45) is 1.80. The zero-order chi connectivity index (χ0) is 29.6. The highest BCUT2D eigenvalue weighted by molar-refractivity contribution is 7.92. The van der Waals surface area contributed by atoms with Crippen molar-refractivity contribution in [2.75, 3.05) is 23.9 Å². The van der Waals surface area contributed by atoms with Crippen LogP contribution in [0.4, 0.5) is 10.1 Å². The van der Waals surface area contributed by atoms with Crippen LogP contribution in [0.15, 0.2) is 72.8 Å². The molecule has 2 amide bonds. The number of carbonyl (C=O) groups excluding carboxylic acids is 2. The maximum atomic E-state index is 14.8. The van der Waals surface area contributed by atoms with Crippen LogP contribution in [0.5, 0.6) is 11.5 Å². The van der Waals surface area contributed by atoms with Gasteiger partial charge in [0.25, 0.3) is 0 Å². The van der Waals surface area contributed by atoms with Crippen LogP contribution in [0.3, 0.4) is 0 Å². The molecule has 0 bridgehead atoms. The Kier molecular flexibility index (Phi) is 9.49. The molecule has 1 aliphatic heterocycles. The molecule has 0 aromatic heterocycles. The quantitative estimate of drug-likeness (QED) is 0.347. The van der Waals surface area contributed by atoms with Gasteiger partial charge < -0.3 is 19.7 Å². The van der Waals surface area contributed by atoms with Gasteiger partial charge in [0.2, 0.25) is 28.6 Å². The summed E-state index contributed by atoms with van der Waals surface area (Å²) in [4.78, 5) is 29.0. The molecule has 0 aliphatic carbocycles. The number of sulfonamides is 1. The van der Waals surface area contributed by atoms with Crippen molar-refractivity contribution >= 4 is 27.5 Å². The summed E-state index contributed by atoms with van der Waals surface area (Å²) in [7, 11) is -3.96. The van der Waals surface area contributed by atoms with E-state index >= 15 is 0 Å². The Morgan fingerprint density at radius 2 is 1.68 bits per heavy atom. The third-order valence-electron chi connectivity index (χ3n) is 6.89. The highest BCUT2D eigenvalue weighted by Crippen LogP contribution is 2.36. The number of ether oxygens (including phenoxy) is 2. The van der Waals surface area contributed by atoms with Gasteiger partial charge in [-0.2, -0.15) is 0 Å². The Morgan fingerprint density at radius 3 is 2.37 bits per heavy atom. The van der Waals surface area contributed by atoms with Gasteiger partial charge in [-0.15, -0.1) is 0 Å². The third-order valence-corrected chi connectivity index (χ3v) is 8.03. The van der Waals surface area contributed by atoms with E-state index in [0.717, 1.165) is 16.1 Å². The predicted molar refractivity (Wildman–Crippen MR) is 154 cm³/mol. The molecule has 2 unspecified atom stereocenters. The van der Waals surface area contributed by atoms with Crippen LogP contribution < -0.4 is 19.1 Å². The number of fused-ring (bicyclic) bond motifs is 1. The zero-order valence-corrected chi connectivity index (χ0v) is 24.1. The van der Waals surface area contributed by atoms with Gasteiger partial charge in [0, 0.05) is 30.6 Å². The first kappa shape index (κ1) is 29.9. The number of hydrogen-bond acceptors (Lipinski definition) is 6. The molecular weight excluding hydrogens is 549 g/mol. The molecule has 11 heteroatoms. The highest BCUT2D eigenvalue weighted by atomic mass is 32.2. The molecule has 41 heavy (non-hydrogen) atoms. The van der Waals surface area contributed by atoms with Gasteiger partial charge in [0.15, 0.2) is 11.5 Å². The Hall–Kier alpha value is -4.12. The number of nitrogens with zero attached hydrogens (tertiary/aromatic N) is 2. The van der Waals surface area contributed by atoms with Crippen molar-refractivity contribution in [1.82, 2.24) is 10.2 Å². The van der Waals surface area contributed by atoms with Gasteiger partial charge in [0.05, 0.1) is 11.9 Å². The van der Waals surface area contributed by atoms with E-state index in [2.05, 4.69) is 5.32 Å². The van der Waals surface area contributed by atoms with Crippen LogP contribution >= 0.6 is 0 Å². The van der Waals surface area contributed by atoms with E-state index in [-0.39, 0.29) is 37.1 Å². The van der Waals surface area contributed by atoms with Crippen LogP contribution in [0.2, 0.25) is 0 Å². The average molecular weight is 584 g/mol. The molecular formula is C30H34FN3O6S. The SMILES string of the molecule is CCC(C)NC(=O)C(Cc1ccccc1)N(Cc1ccccc1F)C(=O)CN(c1ccc2c(c1)OCO2)S(C)(=O)=O. The molecule has 0 saturated heterocycles. The number of rotatable bonds is 12. The Labute approximate surface area is 239 Å².